The zero-order chi connectivity index (χ0) is 14.2. The van der Waals surface area contributed by atoms with Gasteiger partial charge in [0.25, 0.3) is 0 Å². The Hall–Kier alpha value is -1.35. The average Bonchev–Trinajstić information content (AvgIpc) is 3.00. The lowest BCUT2D eigenvalue weighted by molar-refractivity contribution is -0.135. The van der Waals surface area contributed by atoms with Gasteiger partial charge in [-0.05, 0) is 37.7 Å². The van der Waals surface area contributed by atoms with Gasteiger partial charge in [0.15, 0.2) is 0 Å². The summed E-state index contributed by atoms with van der Waals surface area (Å²) in [6.45, 7) is 7.51. The highest BCUT2D eigenvalue weighted by Crippen LogP contribution is 2.40. The first-order valence-corrected chi connectivity index (χ1v) is 7.64. The Kier molecular flexibility index (Phi) is 3.55. The fourth-order valence-corrected chi connectivity index (χ4v) is 3.88. The Balaban J connectivity index is 1.63. The number of hydrogen-bond donors (Lipinski definition) is 1. The molecule has 20 heavy (non-hydrogen) atoms. The first-order chi connectivity index (χ1) is 9.59. The van der Waals surface area contributed by atoms with E-state index in [-0.39, 0.29) is 5.54 Å². The van der Waals surface area contributed by atoms with E-state index in [4.69, 9.17) is 0 Å². The van der Waals surface area contributed by atoms with E-state index in [0.717, 1.165) is 26.1 Å². The first kappa shape index (κ1) is 13.6. The predicted octanol–water partition coefficient (Wildman–Crippen LogP) is 2.08. The van der Waals surface area contributed by atoms with Gasteiger partial charge in [-0.25, -0.2) is 0 Å². The summed E-state index contributed by atoms with van der Waals surface area (Å²) >= 11 is 0. The molecule has 0 aromatic heterocycles. The Labute approximate surface area is 121 Å². The van der Waals surface area contributed by atoms with E-state index < -0.39 is 0 Å². The molecule has 0 saturated carbocycles. The molecule has 3 nitrogen and oxygen atoms in total. The molecule has 108 valence electrons. The molecule has 1 N–H and O–H groups in total. The molecule has 3 heteroatoms. The van der Waals surface area contributed by atoms with Gasteiger partial charge in [-0.1, -0.05) is 30.3 Å². The molecule has 0 radical (unpaired) electrons. The number of rotatable bonds is 3. The lowest BCUT2D eigenvalue weighted by Crippen LogP contribution is -2.47. The van der Waals surface area contributed by atoms with Crippen molar-refractivity contribution in [2.45, 2.75) is 32.2 Å². The van der Waals surface area contributed by atoms with Crippen molar-refractivity contribution in [3.05, 3.63) is 35.9 Å². The van der Waals surface area contributed by atoms with Crippen LogP contribution in [-0.2, 0) is 11.2 Å². The maximum atomic E-state index is 12.6. The van der Waals surface area contributed by atoms with Gasteiger partial charge < -0.3 is 10.2 Å². The van der Waals surface area contributed by atoms with Crippen LogP contribution in [0.5, 0.6) is 0 Å². The van der Waals surface area contributed by atoms with Gasteiger partial charge in [0.1, 0.15) is 0 Å². The van der Waals surface area contributed by atoms with E-state index in [1.807, 2.05) is 18.2 Å². The highest BCUT2D eigenvalue weighted by Gasteiger charge is 2.50. The van der Waals surface area contributed by atoms with Gasteiger partial charge in [-0.3, -0.25) is 4.79 Å². The van der Waals surface area contributed by atoms with E-state index in [1.54, 1.807) is 0 Å². The summed E-state index contributed by atoms with van der Waals surface area (Å²) in [6, 6.07) is 10.3. The Morgan fingerprint density at radius 3 is 2.75 bits per heavy atom. The third kappa shape index (κ3) is 2.35. The van der Waals surface area contributed by atoms with Gasteiger partial charge in [-0.15, -0.1) is 0 Å². The molecule has 2 aliphatic heterocycles. The van der Waals surface area contributed by atoms with Crippen molar-refractivity contribution in [1.82, 2.24) is 10.2 Å². The monoisotopic (exact) mass is 272 g/mol. The molecule has 1 aromatic carbocycles. The molecule has 2 saturated heterocycles. The third-order valence-corrected chi connectivity index (χ3v) is 5.13. The Bertz CT molecular complexity index is 483. The average molecular weight is 272 g/mol. The summed E-state index contributed by atoms with van der Waals surface area (Å²) in [4.78, 5) is 14.7. The highest BCUT2D eigenvalue weighted by molar-refractivity contribution is 5.77. The van der Waals surface area contributed by atoms with Crippen LogP contribution in [0.1, 0.15) is 25.8 Å². The zero-order valence-corrected chi connectivity index (χ0v) is 12.4. The summed E-state index contributed by atoms with van der Waals surface area (Å²) in [7, 11) is 0. The summed E-state index contributed by atoms with van der Waals surface area (Å²) in [5, 5.41) is 3.46. The fourth-order valence-electron chi connectivity index (χ4n) is 3.88. The van der Waals surface area contributed by atoms with Crippen LogP contribution in [0.2, 0.25) is 0 Å². The lowest BCUT2D eigenvalue weighted by Gasteiger charge is -2.35. The second-order valence-electron chi connectivity index (χ2n) is 6.67. The van der Waals surface area contributed by atoms with Crippen LogP contribution in [0.3, 0.4) is 0 Å². The highest BCUT2D eigenvalue weighted by atomic mass is 16.2. The number of aryl methyl sites for hydroxylation is 1. The molecule has 2 atom stereocenters. The van der Waals surface area contributed by atoms with Crippen molar-refractivity contribution >= 4 is 5.91 Å². The maximum absolute atomic E-state index is 12.6. The predicted molar refractivity (Wildman–Crippen MR) is 80.4 cm³/mol. The van der Waals surface area contributed by atoms with Crippen LogP contribution in [0.4, 0.5) is 0 Å². The third-order valence-electron chi connectivity index (χ3n) is 5.13. The molecular weight excluding hydrogens is 248 g/mol. The summed E-state index contributed by atoms with van der Waals surface area (Å²) in [6.07, 6.45) is 1.47. The summed E-state index contributed by atoms with van der Waals surface area (Å²) in [5.74, 6) is 1.57. The second-order valence-corrected chi connectivity index (χ2v) is 6.67. The fraction of sp³-hybridized carbons (Fsp3) is 0.588. The maximum Gasteiger partial charge on any atom is 0.223 e. The zero-order valence-electron chi connectivity index (χ0n) is 12.4. The van der Waals surface area contributed by atoms with Crippen LogP contribution in [-0.4, -0.2) is 36.0 Å². The first-order valence-electron chi connectivity index (χ1n) is 7.64. The van der Waals surface area contributed by atoms with E-state index in [9.17, 15) is 4.79 Å². The molecule has 2 fully saturated rings. The molecule has 0 bridgehead atoms. The summed E-state index contributed by atoms with van der Waals surface area (Å²) < 4.78 is 0. The molecule has 1 aromatic rings. The van der Waals surface area contributed by atoms with Crippen molar-refractivity contribution in [1.29, 1.82) is 0 Å². The molecule has 0 aliphatic carbocycles. The van der Waals surface area contributed by atoms with E-state index in [1.165, 1.54) is 5.56 Å². The van der Waals surface area contributed by atoms with Crippen LogP contribution >= 0.6 is 0 Å². The van der Waals surface area contributed by atoms with E-state index in [2.05, 4.69) is 36.2 Å². The molecule has 3 rings (SSSR count). The van der Waals surface area contributed by atoms with Crippen LogP contribution in [0.25, 0.3) is 0 Å². The van der Waals surface area contributed by atoms with Crippen molar-refractivity contribution in [3.63, 3.8) is 0 Å². The standard InChI is InChI=1S/C17H24N2O/c1-17(2)15-11-18-10-14(15)12-19(17)16(20)9-8-13-6-4-3-5-7-13/h3-7,14-15,18H,8-12H2,1-2H3. The van der Waals surface area contributed by atoms with Gasteiger partial charge in [-0.2, -0.15) is 0 Å². The minimum atomic E-state index is 0.00192. The summed E-state index contributed by atoms with van der Waals surface area (Å²) in [5.41, 5.74) is 1.25. The molecule has 2 heterocycles. The van der Waals surface area contributed by atoms with Gasteiger partial charge >= 0.3 is 0 Å². The van der Waals surface area contributed by atoms with Crippen LogP contribution in [0, 0.1) is 11.8 Å². The number of nitrogens with zero attached hydrogens (tertiary/aromatic N) is 1. The Morgan fingerprint density at radius 2 is 2.05 bits per heavy atom. The van der Waals surface area contributed by atoms with Crippen molar-refractivity contribution in [3.8, 4) is 0 Å². The normalized spacial score (nSPS) is 27.6. The number of carbonyl (C=O) groups is 1. The van der Waals surface area contributed by atoms with Crippen molar-refractivity contribution in [2.75, 3.05) is 19.6 Å². The number of carbonyl (C=O) groups excluding carboxylic acids is 1. The number of hydrogen-bond acceptors (Lipinski definition) is 2. The number of benzene rings is 1. The minimum absolute atomic E-state index is 0.00192. The van der Waals surface area contributed by atoms with Gasteiger partial charge in [0.05, 0.1) is 0 Å². The van der Waals surface area contributed by atoms with Crippen LogP contribution in [0.15, 0.2) is 30.3 Å². The van der Waals surface area contributed by atoms with Crippen LogP contribution < -0.4 is 5.32 Å². The number of fused-ring (bicyclic) bond motifs is 1. The number of likely N-dealkylation sites (tertiary alicyclic amines) is 1. The minimum Gasteiger partial charge on any atom is -0.337 e. The topological polar surface area (TPSA) is 32.3 Å². The van der Waals surface area contributed by atoms with E-state index in [0.29, 0.717) is 24.2 Å². The van der Waals surface area contributed by atoms with Crippen molar-refractivity contribution < 1.29 is 4.79 Å². The van der Waals surface area contributed by atoms with E-state index >= 15 is 0 Å². The SMILES string of the molecule is CC1(C)C2CNCC2CN1C(=O)CCc1ccccc1. The second kappa shape index (κ2) is 5.21. The lowest BCUT2D eigenvalue weighted by atomic mass is 9.85. The molecule has 1 amide bonds. The smallest absolute Gasteiger partial charge is 0.223 e. The quantitative estimate of drug-likeness (QED) is 0.913. The number of amides is 1. The molecule has 0 spiro atoms. The molecule has 2 unspecified atom stereocenters. The largest absolute Gasteiger partial charge is 0.337 e. The number of nitrogens with one attached hydrogen (secondary N) is 1. The van der Waals surface area contributed by atoms with Gasteiger partial charge in [0, 0.05) is 31.6 Å². The van der Waals surface area contributed by atoms with Gasteiger partial charge in [0.2, 0.25) is 5.91 Å². The molecular formula is C17H24N2O. The van der Waals surface area contributed by atoms with Crippen molar-refractivity contribution in [2.24, 2.45) is 11.8 Å². The molecule has 2 aliphatic rings. The Morgan fingerprint density at radius 1 is 1.30 bits per heavy atom.